The van der Waals surface area contributed by atoms with Crippen LogP contribution in [-0.2, 0) is 6.42 Å². The summed E-state index contributed by atoms with van der Waals surface area (Å²) in [4.78, 5) is 21.1. The summed E-state index contributed by atoms with van der Waals surface area (Å²) < 4.78 is 16.1. The SMILES string of the molecule is OC(Cc1ccccc1)Nc1cncc(-c2ncc3[nH]nc(-c4nc5c(-c6ccsc6)nccc5[nH]4)c3c2F)c1. The van der Waals surface area contributed by atoms with Crippen LogP contribution in [0.3, 0.4) is 0 Å². The van der Waals surface area contributed by atoms with Crippen LogP contribution in [0, 0.1) is 5.82 Å². The standard InChI is InChI=1S/C29H21FN8OS/c30-24-23-21(37-38-28(23)29-35-20-6-8-32-26(27(20)36-29)17-7-9-40-15-17)14-33-25(24)18-11-19(13-31-12-18)34-22(39)10-16-4-2-1-3-5-16/h1-9,11-15,22,34,39H,10H2,(H,35,36)(H,37,38). The molecule has 0 saturated carbocycles. The van der Waals surface area contributed by atoms with Crippen molar-refractivity contribution >= 4 is 39.0 Å². The average Bonchev–Trinajstić information content (AvgIpc) is 3.73. The van der Waals surface area contributed by atoms with Crippen LogP contribution in [0.1, 0.15) is 5.56 Å². The topological polar surface area (TPSA) is 128 Å². The number of aliphatic hydroxyl groups is 1. The molecule has 7 aromatic rings. The van der Waals surface area contributed by atoms with Crippen molar-refractivity contribution in [3.8, 4) is 34.0 Å². The maximum absolute atomic E-state index is 16.1. The molecule has 6 heterocycles. The number of H-pyrrole nitrogens is 2. The highest BCUT2D eigenvalue weighted by molar-refractivity contribution is 7.08. The Morgan fingerprint density at radius 2 is 1.85 bits per heavy atom. The van der Waals surface area contributed by atoms with E-state index in [1.165, 1.54) is 12.4 Å². The van der Waals surface area contributed by atoms with Crippen LogP contribution in [0.2, 0.25) is 0 Å². The van der Waals surface area contributed by atoms with E-state index in [1.54, 1.807) is 29.8 Å². The molecule has 40 heavy (non-hydrogen) atoms. The van der Waals surface area contributed by atoms with Crippen molar-refractivity contribution < 1.29 is 9.50 Å². The van der Waals surface area contributed by atoms with Crippen molar-refractivity contribution in [1.82, 2.24) is 35.1 Å². The predicted octanol–water partition coefficient (Wildman–Crippen LogP) is 5.80. The highest BCUT2D eigenvalue weighted by atomic mass is 32.1. The van der Waals surface area contributed by atoms with Crippen molar-refractivity contribution in [3.63, 3.8) is 0 Å². The third-order valence-electron chi connectivity index (χ3n) is 6.58. The highest BCUT2D eigenvalue weighted by Gasteiger charge is 2.22. The summed E-state index contributed by atoms with van der Waals surface area (Å²) in [6.45, 7) is 0. The molecule has 0 aliphatic rings. The van der Waals surface area contributed by atoms with Gasteiger partial charge in [0.05, 0.1) is 40.2 Å². The van der Waals surface area contributed by atoms with Crippen LogP contribution in [0.5, 0.6) is 0 Å². The first-order valence-electron chi connectivity index (χ1n) is 12.5. The number of benzene rings is 1. The molecule has 11 heteroatoms. The van der Waals surface area contributed by atoms with Gasteiger partial charge >= 0.3 is 0 Å². The van der Waals surface area contributed by atoms with E-state index < -0.39 is 12.0 Å². The van der Waals surface area contributed by atoms with Gasteiger partial charge in [-0.3, -0.25) is 20.1 Å². The second-order valence-corrected chi connectivity index (χ2v) is 10.0. The van der Waals surface area contributed by atoms with Crippen LogP contribution < -0.4 is 5.32 Å². The molecule has 0 aliphatic heterocycles. The van der Waals surface area contributed by atoms with Gasteiger partial charge in [-0.25, -0.2) is 9.37 Å². The fourth-order valence-electron chi connectivity index (χ4n) is 4.73. The Bertz CT molecular complexity index is 1950. The summed E-state index contributed by atoms with van der Waals surface area (Å²) in [5.74, 6) is -0.138. The second-order valence-electron chi connectivity index (χ2n) is 9.25. The summed E-state index contributed by atoms with van der Waals surface area (Å²) in [6, 6.07) is 15.2. The van der Waals surface area contributed by atoms with E-state index >= 15 is 4.39 Å². The molecular formula is C29H21FN8OS. The summed E-state index contributed by atoms with van der Waals surface area (Å²) >= 11 is 1.58. The van der Waals surface area contributed by atoms with Gasteiger partial charge in [-0.2, -0.15) is 16.4 Å². The van der Waals surface area contributed by atoms with Crippen molar-refractivity contribution in [2.45, 2.75) is 12.6 Å². The zero-order chi connectivity index (χ0) is 27.1. The van der Waals surface area contributed by atoms with Crippen LogP contribution in [-0.4, -0.2) is 46.5 Å². The van der Waals surface area contributed by atoms with Crippen LogP contribution in [0.4, 0.5) is 10.1 Å². The Morgan fingerprint density at radius 3 is 2.70 bits per heavy atom. The maximum Gasteiger partial charge on any atom is 0.161 e. The largest absolute Gasteiger partial charge is 0.373 e. The zero-order valence-electron chi connectivity index (χ0n) is 20.8. The molecular weight excluding hydrogens is 527 g/mol. The lowest BCUT2D eigenvalue weighted by molar-refractivity contribution is 0.204. The smallest absolute Gasteiger partial charge is 0.161 e. The minimum absolute atomic E-state index is 0.112. The molecule has 1 aromatic carbocycles. The quantitative estimate of drug-likeness (QED) is 0.185. The first kappa shape index (κ1) is 24.1. The molecule has 1 unspecified atom stereocenters. The third kappa shape index (κ3) is 4.36. The number of nitrogens with zero attached hydrogens (tertiary/aromatic N) is 5. The van der Waals surface area contributed by atoms with Gasteiger partial charge in [0, 0.05) is 35.3 Å². The number of thiophene rings is 1. The summed E-state index contributed by atoms with van der Waals surface area (Å²) in [5.41, 5.74) is 6.03. The molecule has 0 amide bonds. The van der Waals surface area contributed by atoms with Crippen LogP contribution >= 0.6 is 11.3 Å². The number of imidazole rings is 1. The minimum atomic E-state index is -0.846. The van der Waals surface area contributed by atoms with Crippen molar-refractivity contribution in [1.29, 1.82) is 0 Å². The molecule has 196 valence electrons. The number of nitrogens with one attached hydrogen (secondary N) is 3. The van der Waals surface area contributed by atoms with Crippen LogP contribution in [0.15, 0.2) is 84.1 Å². The Kier molecular flexibility index (Phi) is 5.99. The lowest BCUT2D eigenvalue weighted by Gasteiger charge is -2.15. The third-order valence-corrected chi connectivity index (χ3v) is 7.26. The number of aliphatic hydroxyl groups excluding tert-OH is 1. The molecule has 0 spiro atoms. The number of halogens is 1. The molecule has 0 radical (unpaired) electrons. The Hall–Kier alpha value is -5.00. The van der Waals surface area contributed by atoms with Gasteiger partial charge in [0.2, 0.25) is 0 Å². The van der Waals surface area contributed by atoms with Gasteiger partial charge < -0.3 is 15.4 Å². The number of aromatic nitrogens is 7. The lowest BCUT2D eigenvalue weighted by Crippen LogP contribution is -2.21. The van der Waals surface area contributed by atoms with Gasteiger partial charge in [0.25, 0.3) is 0 Å². The van der Waals surface area contributed by atoms with Crippen molar-refractivity contribution in [2.75, 3.05) is 5.32 Å². The number of rotatable bonds is 7. The number of fused-ring (bicyclic) bond motifs is 2. The molecule has 9 nitrogen and oxygen atoms in total. The Morgan fingerprint density at radius 1 is 0.950 bits per heavy atom. The highest BCUT2D eigenvalue weighted by Crippen LogP contribution is 2.34. The van der Waals surface area contributed by atoms with Crippen molar-refractivity contribution in [2.24, 2.45) is 0 Å². The monoisotopic (exact) mass is 548 g/mol. The van der Waals surface area contributed by atoms with Gasteiger partial charge in [-0.15, -0.1) is 0 Å². The normalized spacial score (nSPS) is 12.2. The molecule has 0 bridgehead atoms. The number of hydrogen-bond acceptors (Lipinski definition) is 8. The van der Waals surface area contributed by atoms with E-state index in [4.69, 9.17) is 4.98 Å². The lowest BCUT2D eigenvalue weighted by atomic mass is 10.1. The molecule has 0 saturated heterocycles. The summed E-state index contributed by atoms with van der Waals surface area (Å²) in [6.07, 6.45) is 5.92. The number of anilines is 1. The molecule has 1 atom stereocenters. The first-order chi connectivity index (χ1) is 19.6. The predicted molar refractivity (Wildman–Crippen MR) is 153 cm³/mol. The molecule has 0 fully saturated rings. The van der Waals surface area contributed by atoms with E-state index in [2.05, 4.69) is 35.5 Å². The fraction of sp³-hybridized carbons (Fsp3) is 0.0690. The average molecular weight is 549 g/mol. The number of hydrogen-bond donors (Lipinski definition) is 4. The van der Waals surface area contributed by atoms with Gasteiger partial charge in [-0.1, -0.05) is 30.3 Å². The molecule has 0 aliphatic carbocycles. The minimum Gasteiger partial charge on any atom is -0.373 e. The van der Waals surface area contributed by atoms with Crippen LogP contribution in [0.25, 0.3) is 56.0 Å². The van der Waals surface area contributed by atoms with Crippen molar-refractivity contribution in [3.05, 3.63) is 95.5 Å². The van der Waals surface area contributed by atoms with Gasteiger partial charge in [-0.05, 0) is 29.1 Å². The Labute approximate surface area is 230 Å². The number of pyridine rings is 3. The molecule has 7 rings (SSSR count). The van der Waals surface area contributed by atoms with E-state index in [0.29, 0.717) is 40.2 Å². The van der Waals surface area contributed by atoms with E-state index in [9.17, 15) is 5.11 Å². The summed E-state index contributed by atoms with van der Waals surface area (Å²) in [7, 11) is 0. The first-order valence-corrected chi connectivity index (χ1v) is 13.4. The fourth-order valence-corrected chi connectivity index (χ4v) is 5.38. The van der Waals surface area contributed by atoms with Gasteiger partial charge in [0.15, 0.2) is 11.6 Å². The summed E-state index contributed by atoms with van der Waals surface area (Å²) in [5, 5.41) is 25.0. The van der Waals surface area contributed by atoms with E-state index in [-0.39, 0.29) is 11.1 Å². The molecule has 4 N–H and O–H groups in total. The number of aromatic amines is 2. The van der Waals surface area contributed by atoms with Gasteiger partial charge in [0.1, 0.15) is 23.1 Å². The Balaban J connectivity index is 1.24. The molecule has 6 aromatic heterocycles. The van der Waals surface area contributed by atoms with E-state index in [1.807, 2.05) is 53.2 Å². The maximum atomic E-state index is 16.1. The van der Waals surface area contributed by atoms with E-state index in [0.717, 1.165) is 22.3 Å². The zero-order valence-corrected chi connectivity index (χ0v) is 21.7. The second kappa shape index (κ2) is 9.95.